The molecule has 2 aromatic rings. The van der Waals surface area contributed by atoms with Gasteiger partial charge >= 0.3 is 0 Å². The van der Waals surface area contributed by atoms with Gasteiger partial charge in [-0.3, -0.25) is 9.08 Å². The molecule has 3 rings (SSSR count). The highest BCUT2D eigenvalue weighted by atomic mass is 32.2. The molecule has 140 valence electrons. The van der Waals surface area contributed by atoms with Gasteiger partial charge in [0, 0.05) is 25.2 Å². The van der Waals surface area contributed by atoms with Crippen LogP contribution in [0.2, 0.25) is 0 Å². The minimum Gasteiger partial charge on any atom is -0.372 e. The van der Waals surface area contributed by atoms with Gasteiger partial charge in [0.15, 0.2) is 0 Å². The van der Waals surface area contributed by atoms with Gasteiger partial charge in [-0.05, 0) is 11.6 Å². The van der Waals surface area contributed by atoms with Crippen molar-refractivity contribution >= 4 is 10.1 Å². The number of morpholine rings is 1. The van der Waals surface area contributed by atoms with Crippen molar-refractivity contribution in [2.24, 2.45) is 0 Å². The summed E-state index contributed by atoms with van der Waals surface area (Å²) < 4.78 is 48.7. The van der Waals surface area contributed by atoms with E-state index in [9.17, 15) is 12.8 Å². The first-order valence-electron chi connectivity index (χ1n) is 8.43. The molecule has 1 unspecified atom stereocenters. The predicted octanol–water partition coefficient (Wildman–Crippen LogP) is 2.74. The first-order chi connectivity index (χ1) is 12.4. The molecule has 0 bridgehead atoms. The molecule has 0 saturated carbocycles. The zero-order valence-electron chi connectivity index (χ0n) is 14.5. The van der Waals surface area contributed by atoms with Gasteiger partial charge in [-0.15, -0.1) is 0 Å². The molecule has 2 aromatic carbocycles. The van der Waals surface area contributed by atoms with Crippen molar-refractivity contribution in [3.63, 3.8) is 0 Å². The monoisotopic (exact) mass is 379 g/mol. The highest BCUT2D eigenvalue weighted by molar-refractivity contribution is 7.86. The van der Waals surface area contributed by atoms with E-state index in [1.54, 1.807) is 12.1 Å². The van der Waals surface area contributed by atoms with Crippen LogP contribution >= 0.6 is 0 Å². The Kier molecular flexibility index (Phi) is 6.03. The molecular formula is C19H22FNO4S. The summed E-state index contributed by atoms with van der Waals surface area (Å²) in [6.07, 6.45) is -0.644. The van der Waals surface area contributed by atoms with E-state index in [1.807, 2.05) is 30.3 Å². The van der Waals surface area contributed by atoms with Crippen LogP contribution in [0.15, 0.2) is 54.6 Å². The maximum absolute atomic E-state index is 14.3. The Bertz CT molecular complexity index is 828. The molecule has 1 fully saturated rings. The summed E-state index contributed by atoms with van der Waals surface area (Å²) in [5, 5.41) is 0. The number of hydrogen-bond acceptors (Lipinski definition) is 5. The molecule has 1 heterocycles. The third-order valence-corrected chi connectivity index (χ3v) is 4.81. The highest BCUT2D eigenvalue weighted by Gasteiger charge is 2.34. The Morgan fingerprint density at radius 3 is 2.58 bits per heavy atom. The van der Waals surface area contributed by atoms with Crippen LogP contribution < -0.4 is 0 Å². The summed E-state index contributed by atoms with van der Waals surface area (Å²) in [4.78, 5) is 2.16. The van der Waals surface area contributed by atoms with E-state index in [4.69, 9.17) is 8.92 Å². The average Bonchev–Trinajstić information content (AvgIpc) is 2.61. The summed E-state index contributed by atoms with van der Waals surface area (Å²) in [6.45, 7) is 2.30. The molecule has 26 heavy (non-hydrogen) atoms. The van der Waals surface area contributed by atoms with Crippen LogP contribution in [-0.2, 0) is 25.6 Å². The number of benzene rings is 2. The maximum atomic E-state index is 14.3. The average molecular weight is 379 g/mol. The van der Waals surface area contributed by atoms with Crippen molar-refractivity contribution in [3.05, 3.63) is 71.5 Å². The van der Waals surface area contributed by atoms with Crippen LogP contribution in [0.4, 0.5) is 4.39 Å². The van der Waals surface area contributed by atoms with Crippen molar-refractivity contribution in [1.82, 2.24) is 4.90 Å². The zero-order valence-corrected chi connectivity index (χ0v) is 15.4. The summed E-state index contributed by atoms with van der Waals surface area (Å²) in [7, 11) is -3.78. The largest absolute Gasteiger partial charge is 0.372 e. The lowest BCUT2D eigenvalue weighted by atomic mass is 10.0. The Balaban J connectivity index is 1.80. The standard InChI is InChI=1S/C19H22FNO4S/c1-26(22,23)25-19(16-9-5-6-10-17(16)20)18-14-21(11-12-24-18)13-15-7-3-2-4-8-15/h2-10,18-19H,11-14H2,1H3/t18-,19?/m1/s1. The summed E-state index contributed by atoms with van der Waals surface area (Å²) in [6, 6.07) is 16.0. The van der Waals surface area contributed by atoms with Crippen LogP contribution in [-0.4, -0.2) is 45.4 Å². The molecule has 7 heteroatoms. The number of hydrogen-bond donors (Lipinski definition) is 0. The van der Waals surface area contributed by atoms with E-state index >= 15 is 0 Å². The highest BCUT2D eigenvalue weighted by Crippen LogP contribution is 2.30. The van der Waals surface area contributed by atoms with E-state index in [0.29, 0.717) is 26.2 Å². The van der Waals surface area contributed by atoms with Gasteiger partial charge in [0.1, 0.15) is 18.0 Å². The van der Waals surface area contributed by atoms with Gasteiger partial charge in [0.2, 0.25) is 0 Å². The second-order valence-electron chi connectivity index (χ2n) is 6.37. The Labute approximate surface area is 153 Å². The Morgan fingerprint density at radius 2 is 1.88 bits per heavy atom. The number of ether oxygens (including phenoxy) is 1. The van der Waals surface area contributed by atoms with Crippen molar-refractivity contribution in [3.8, 4) is 0 Å². The van der Waals surface area contributed by atoms with Crippen molar-refractivity contribution < 1.29 is 21.7 Å². The lowest BCUT2D eigenvalue weighted by Crippen LogP contribution is -2.45. The third-order valence-electron chi connectivity index (χ3n) is 4.25. The summed E-state index contributed by atoms with van der Waals surface area (Å²) >= 11 is 0. The lowest BCUT2D eigenvalue weighted by molar-refractivity contribution is -0.0830. The van der Waals surface area contributed by atoms with Gasteiger partial charge in [0.05, 0.1) is 12.9 Å². The minimum atomic E-state index is -3.78. The second-order valence-corrected chi connectivity index (χ2v) is 7.97. The maximum Gasteiger partial charge on any atom is 0.265 e. The molecule has 1 aliphatic rings. The van der Waals surface area contributed by atoms with E-state index in [1.165, 1.54) is 12.1 Å². The van der Waals surface area contributed by atoms with E-state index < -0.39 is 28.1 Å². The number of nitrogens with zero attached hydrogens (tertiary/aromatic N) is 1. The normalized spacial score (nSPS) is 20.0. The second kappa shape index (κ2) is 8.26. The molecule has 2 atom stereocenters. The van der Waals surface area contributed by atoms with Crippen LogP contribution in [0, 0.1) is 5.82 Å². The van der Waals surface area contributed by atoms with Crippen LogP contribution in [0.5, 0.6) is 0 Å². The number of halogens is 1. The molecule has 0 N–H and O–H groups in total. The molecule has 1 aliphatic heterocycles. The lowest BCUT2D eigenvalue weighted by Gasteiger charge is -2.36. The molecule has 0 spiro atoms. The minimum absolute atomic E-state index is 0.185. The molecule has 0 aliphatic carbocycles. The smallest absolute Gasteiger partial charge is 0.265 e. The zero-order chi connectivity index (χ0) is 18.6. The SMILES string of the molecule is CS(=O)(=O)OC(c1ccccc1F)[C@H]1CN(Cc2ccccc2)CCO1. The van der Waals surface area contributed by atoms with E-state index in [0.717, 1.165) is 11.8 Å². The molecule has 5 nitrogen and oxygen atoms in total. The fourth-order valence-electron chi connectivity index (χ4n) is 3.11. The van der Waals surface area contributed by atoms with E-state index in [2.05, 4.69) is 4.90 Å². The van der Waals surface area contributed by atoms with Gasteiger partial charge in [-0.1, -0.05) is 48.5 Å². The molecule has 0 amide bonds. The van der Waals surface area contributed by atoms with Gasteiger partial charge in [-0.25, -0.2) is 4.39 Å². The van der Waals surface area contributed by atoms with Crippen molar-refractivity contribution in [1.29, 1.82) is 0 Å². The quantitative estimate of drug-likeness (QED) is 0.723. The molecule has 1 saturated heterocycles. The Hall–Kier alpha value is -1.80. The summed E-state index contributed by atoms with van der Waals surface area (Å²) in [5.74, 6) is -0.509. The van der Waals surface area contributed by atoms with Crippen LogP contribution in [0.1, 0.15) is 17.2 Å². The fourth-order valence-corrected chi connectivity index (χ4v) is 3.71. The van der Waals surface area contributed by atoms with E-state index in [-0.39, 0.29) is 5.56 Å². The first-order valence-corrected chi connectivity index (χ1v) is 10.2. The van der Waals surface area contributed by atoms with Gasteiger partial charge < -0.3 is 4.74 Å². The summed E-state index contributed by atoms with van der Waals surface area (Å²) in [5.41, 5.74) is 1.34. The third kappa shape index (κ3) is 5.11. The van der Waals surface area contributed by atoms with Gasteiger partial charge in [0.25, 0.3) is 10.1 Å². The molecular weight excluding hydrogens is 357 g/mol. The topological polar surface area (TPSA) is 55.8 Å². The predicted molar refractivity (Wildman–Crippen MR) is 96.5 cm³/mol. The Morgan fingerprint density at radius 1 is 1.19 bits per heavy atom. The van der Waals surface area contributed by atoms with Crippen LogP contribution in [0.3, 0.4) is 0 Å². The van der Waals surface area contributed by atoms with Crippen LogP contribution in [0.25, 0.3) is 0 Å². The molecule has 0 radical (unpaired) electrons. The first kappa shape index (κ1) is 19.0. The fraction of sp³-hybridized carbons (Fsp3) is 0.368. The van der Waals surface area contributed by atoms with Crippen molar-refractivity contribution in [2.75, 3.05) is 26.0 Å². The number of rotatable bonds is 6. The molecule has 0 aromatic heterocycles. The van der Waals surface area contributed by atoms with Crippen molar-refractivity contribution in [2.45, 2.75) is 18.8 Å². The van der Waals surface area contributed by atoms with Gasteiger partial charge in [-0.2, -0.15) is 8.42 Å².